The minimum atomic E-state index is -0.282. The van der Waals surface area contributed by atoms with Gasteiger partial charge in [-0.15, -0.1) is 0 Å². The van der Waals surface area contributed by atoms with Crippen molar-refractivity contribution in [3.63, 3.8) is 0 Å². The van der Waals surface area contributed by atoms with Gasteiger partial charge in [0.2, 0.25) is 0 Å². The largest absolute Gasteiger partial charge is 0.507 e. The van der Waals surface area contributed by atoms with E-state index >= 15 is 0 Å². The molecule has 0 unspecified atom stereocenters. The summed E-state index contributed by atoms with van der Waals surface area (Å²) in [6, 6.07) is 8.30. The first-order valence-corrected chi connectivity index (χ1v) is 8.58. The van der Waals surface area contributed by atoms with Crippen molar-refractivity contribution in [1.82, 2.24) is 9.80 Å². The quantitative estimate of drug-likeness (QED) is 0.861. The molecule has 0 saturated carbocycles. The number of carbonyl (C=O) groups excluding carboxylic acids is 2. The second-order valence-corrected chi connectivity index (χ2v) is 6.43. The van der Waals surface area contributed by atoms with Crippen LogP contribution in [0.3, 0.4) is 0 Å². The predicted molar refractivity (Wildman–Crippen MR) is 92.9 cm³/mol. The van der Waals surface area contributed by atoms with Gasteiger partial charge in [-0.1, -0.05) is 12.1 Å². The molecule has 0 aliphatic carbocycles. The number of imide groups is 1. The van der Waals surface area contributed by atoms with Crippen LogP contribution in [0, 0.1) is 0 Å². The second kappa shape index (κ2) is 6.46. The third kappa shape index (κ3) is 2.77. The molecule has 0 spiro atoms. The molecule has 2 aromatic rings. The van der Waals surface area contributed by atoms with Crippen LogP contribution in [-0.2, 0) is 4.74 Å². The second-order valence-electron chi connectivity index (χ2n) is 6.43. The molecule has 2 aliphatic heterocycles. The van der Waals surface area contributed by atoms with Gasteiger partial charge >= 0.3 is 0 Å². The molecule has 4 rings (SSSR count). The van der Waals surface area contributed by atoms with Crippen molar-refractivity contribution in [2.24, 2.45) is 0 Å². The molecule has 0 aromatic heterocycles. The highest BCUT2D eigenvalue weighted by Gasteiger charge is 2.33. The molecule has 1 N–H and O–H groups in total. The van der Waals surface area contributed by atoms with Gasteiger partial charge in [0.15, 0.2) is 0 Å². The Labute approximate surface area is 145 Å². The number of phenolic OH excluding ortho intramolecular Hbond substituents is 1. The van der Waals surface area contributed by atoms with Crippen LogP contribution in [0.1, 0.15) is 27.1 Å². The van der Waals surface area contributed by atoms with Gasteiger partial charge in [0.25, 0.3) is 11.8 Å². The number of phenols is 1. The molecule has 6 heteroatoms. The Kier molecular flexibility index (Phi) is 4.15. The van der Waals surface area contributed by atoms with Crippen molar-refractivity contribution >= 4 is 22.6 Å². The summed E-state index contributed by atoms with van der Waals surface area (Å²) in [5.41, 5.74) is 0.962. The number of amides is 2. The van der Waals surface area contributed by atoms with Crippen molar-refractivity contribution in [3.8, 4) is 5.75 Å². The minimum absolute atomic E-state index is 0.0852. The molecule has 6 nitrogen and oxygen atoms in total. The number of carbonyl (C=O) groups is 2. The first kappa shape index (κ1) is 16.1. The van der Waals surface area contributed by atoms with E-state index in [1.165, 1.54) is 11.0 Å². The van der Waals surface area contributed by atoms with Crippen LogP contribution in [0.25, 0.3) is 10.8 Å². The van der Waals surface area contributed by atoms with Crippen molar-refractivity contribution in [3.05, 3.63) is 41.5 Å². The van der Waals surface area contributed by atoms with Gasteiger partial charge in [0.1, 0.15) is 5.75 Å². The van der Waals surface area contributed by atoms with Gasteiger partial charge in [0, 0.05) is 48.1 Å². The molecule has 130 valence electrons. The van der Waals surface area contributed by atoms with E-state index in [2.05, 4.69) is 4.90 Å². The van der Waals surface area contributed by atoms with Crippen LogP contribution in [0.2, 0.25) is 0 Å². The number of aromatic hydroxyl groups is 1. The lowest BCUT2D eigenvalue weighted by Gasteiger charge is -2.30. The summed E-state index contributed by atoms with van der Waals surface area (Å²) in [6.45, 7) is 4.49. The molecule has 0 atom stereocenters. The van der Waals surface area contributed by atoms with Crippen LogP contribution < -0.4 is 0 Å². The minimum Gasteiger partial charge on any atom is -0.507 e. The van der Waals surface area contributed by atoms with Gasteiger partial charge in [-0.05, 0) is 24.6 Å². The summed E-state index contributed by atoms with van der Waals surface area (Å²) in [7, 11) is 0. The first-order valence-electron chi connectivity index (χ1n) is 8.58. The summed E-state index contributed by atoms with van der Waals surface area (Å²) >= 11 is 0. The molecular weight excluding hydrogens is 320 g/mol. The monoisotopic (exact) mass is 340 g/mol. The summed E-state index contributed by atoms with van der Waals surface area (Å²) in [5, 5.41) is 11.1. The highest BCUT2D eigenvalue weighted by molar-refractivity contribution is 6.26. The number of rotatable bonds is 4. The zero-order valence-corrected chi connectivity index (χ0v) is 13.9. The number of morpholine rings is 1. The predicted octanol–water partition coefficient (Wildman–Crippen LogP) is 1.86. The molecule has 2 aliphatic rings. The maximum atomic E-state index is 12.8. The zero-order valence-electron chi connectivity index (χ0n) is 13.9. The molecule has 25 heavy (non-hydrogen) atoms. The molecule has 2 aromatic carbocycles. The number of nitrogens with zero attached hydrogens (tertiary/aromatic N) is 2. The summed E-state index contributed by atoms with van der Waals surface area (Å²) in [6.07, 6.45) is 0.737. The fraction of sp³-hybridized carbons (Fsp3) is 0.368. The van der Waals surface area contributed by atoms with E-state index in [9.17, 15) is 14.7 Å². The van der Waals surface area contributed by atoms with Gasteiger partial charge in [0.05, 0.1) is 13.2 Å². The molecular formula is C19H20N2O4. The third-order valence-corrected chi connectivity index (χ3v) is 4.93. The number of hydrogen-bond acceptors (Lipinski definition) is 5. The van der Waals surface area contributed by atoms with Gasteiger partial charge in [-0.25, -0.2) is 0 Å². The normalized spacial score (nSPS) is 18.2. The molecule has 0 bridgehead atoms. The molecule has 0 radical (unpaired) electrons. The first-order chi connectivity index (χ1) is 12.2. The van der Waals surface area contributed by atoms with E-state index in [1.54, 1.807) is 24.3 Å². The van der Waals surface area contributed by atoms with Crippen molar-refractivity contribution in [2.75, 3.05) is 39.4 Å². The van der Waals surface area contributed by atoms with Crippen molar-refractivity contribution in [1.29, 1.82) is 0 Å². The number of hydrogen-bond donors (Lipinski definition) is 1. The van der Waals surface area contributed by atoms with Crippen LogP contribution in [-0.4, -0.2) is 66.1 Å². The van der Waals surface area contributed by atoms with Crippen LogP contribution in [0.5, 0.6) is 5.75 Å². The van der Waals surface area contributed by atoms with Crippen LogP contribution in [0.15, 0.2) is 30.3 Å². The average molecular weight is 340 g/mol. The van der Waals surface area contributed by atoms with E-state index in [0.717, 1.165) is 39.3 Å². The lowest BCUT2D eigenvalue weighted by Crippen LogP contribution is -2.43. The Morgan fingerprint density at radius 3 is 2.44 bits per heavy atom. The van der Waals surface area contributed by atoms with Gasteiger partial charge in [-0.3, -0.25) is 19.4 Å². The van der Waals surface area contributed by atoms with Crippen molar-refractivity contribution in [2.45, 2.75) is 6.42 Å². The lowest BCUT2D eigenvalue weighted by molar-refractivity contribution is 0.0352. The van der Waals surface area contributed by atoms with E-state index in [0.29, 0.717) is 28.4 Å². The maximum Gasteiger partial charge on any atom is 0.261 e. The van der Waals surface area contributed by atoms with Crippen molar-refractivity contribution < 1.29 is 19.4 Å². The van der Waals surface area contributed by atoms with Gasteiger partial charge in [-0.2, -0.15) is 0 Å². The summed E-state index contributed by atoms with van der Waals surface area (Å²) < 4.78 is 5.33. The molecule has 2 amide bonds. The smallest absolute Gasteiger partial charge is 0.261 e. The highest BCUT2D eigenvalue weighted by Crippen LogP contribution is 2.34. The van der Waals surface area contributed by atoms with Crippen LogP contribution in [0.4, 0.5) is 0 Å². The van der Waals surface area contributed by atoms with Crippen LogP contribution >= 0.6 is 0 Å². The summed E-state index contributed by atoms with van der Waals surface area (Å²) in [4.78, 5) is 29.2. The standard InChI is InChI=1S/C19H20N2O4/c22-16-6-5-15-17-13(16)3-1-4-14(17)18(23)21(19(15)24)8-2-7-20-9-11-25-12-10-20/h1,3-6,22H,2,7-12H2. The Morgan fingerprint density at radius 2 is 1.68 bits per heavy atom. The average Bonchev–Trinajstić information content (AvgIpc) is 2.64. The van der Waals surface area contributed by atoms with E-state index in [-0.39, 0.29) is 17.6 Å². The SMILES string of the molecule is O=C1c2cccc3c(O)ccc(c23)C(=O)N1CCCN1CCOCC1. The molecule has 2 heterocycles. The van der Waals surface area contributed by atoms with E-state index in [1.807, 2.05) is 0 Å². The zero-order chi connectivity index (χ0) is 17.4. The lowest BCUT2D eigenvalue weighted by atomic mass is 9.93. The topological polar surface area (TPSA) is 70.1 Å². The van der Waals surface area contributed by atoms with E-state index < -0.39 is 0 Å². The Bertz CT molecular complexity index is 820. The molecule has 1 saturated heterocycles. The Morgan fingerprint density at radius 1 is 0.960 bits per heavy atom. The number of ether oxygens (including phenoxy) is 1. The van der Waals surface area contributed by atoms with Gasteiger partial charge < -0.3 is 9.84 Å². The highest BCUT2D eigenvalue weighted by atomic mass is 16.5. The Balaban J connectivity index is 1.56. The maximum absolute atomic E-state index is 12.8. The fourth-order valence-corrected chi connectivity index (χ4v) is 3.61. The number of benzene rings is 2. The fourth-order valence-electron chi connectivity index (χ4n) is 3.61. The molecule has 1 fully saturated rings. The van der Waals surface area contributed by atoms with E-state index in [4.69, 9.17) is 4.74 Å². The Hall–Kier alpha value is -2.44. The summed E-state index contributed by atoms with van der Waals surface area (Å²) in [5.74, 6) is -0.478. The third-order valence-electron chi connectivity index (χ3n) is 4.93.